The third-order valence-electron chi connectivity index (χ3n) is 5.36. The topological polar surface area (TPSA) is 46.5 Å². The molecule has 0 amide bonds. The van der Waals surface area contributed by atoms with E-state index in [-0.39, 0.29) is 6.42 Å². The van der Waals surface area contributed by atoms with E-state index in [0.29, 0.717) is 17.9 Å². The summed E-state index contributed by atoms with van der Waals surface area (Å²) in [7, 11) is 0. The van der Waals surface area contributed by atoms with Crippen LogP contribution in [0.15, 0.2) is 42.5 Å². The predicted molar refractivity (Wildman–Crippen MR) is 90.4 cm³/mol. The minimum atomic E-state index is -0.706. The SMILES string of the molecule is O=C(O)CCC/C=C\C[C@H]1[C@H]2CC[C@H](C2)[C@H]1Oc1ccccc1. The number of carbonyl (C=O) groups is 1. The molecule has 3 rings (SSSR count). The minimum Gasteiger partial charge on any atom is -0.490 e. The maximum absolute atomic E-state index is 10.5. The number of carboxylic acid groups (broad SMARTS) is 1. The number of hydrogen-bond acceptors (Lipinski definition) is 2. The summed E-state index contributed by atoms with van der Waals surface area (Å²) >= 11 is 0. The normalized spacial score (nSPS) is 29.2. The summed E-state index contributed by atoms with van der Waals surface area (Å²) in [5, 5.41) is 8.65. The molecule has 124 valence electrons. The molecule has 2 fully saturated rings. The number of allylic oxidation sites excluding steroid dienone is 2. The van der Waals surface area contributed by atoms with Crippen LogP contribution in [0.5, 0.6) is 5.75 Å². The van der Waals surface area contributed by atoms with Gasteiger partial charge in [-0.05, 0) is 62.5 Å². The minimum absolute atomic E-state index is 0.262. The molecule has 0 unspecified atom stereocenters. The third-order valence-corrected chi connectivity index (χ3v) is 5.36. The van der Waals surface area contributed by atoms with Gasteiger partial charge in [-0.2, -0.15) is 0 Å². The van der Waals surface area contributed by atoms with Gasteiger partial charge in [0.25, 0.3) is 0 Å². The molecule has 0 aromatic heterocycles. The van der Waals surface area contributed by atoms with Crippen LogP contribution in [0, 0.1) is 17.8 Å². The molecule has 2 aliphatic rings. The fourth-order valence-electron chi connectivity index (χ4n) is 4.27. The molecule has 0 spiro atoms. The lowest BCUT2D eigenvalue weighted by Gasteiger charge is -2.31. The molecule has 0 saturated heterocycles. The number of carboxylic acids is 1. The number of para-hydroxylation sites is 1. The number of unbranched alkanes of at least 4 members (excludes halogenated alkanes) is 1. The van der Waals surface area contributed by atoms with Crippen LogP contribution in [0.1, 0.15) is 44.9 Å². The van der Waals surface area contributed by atoms with E-state index in [1.54, 1.807) is 0 Å². The summed E-state index contributed by atoms with van der Waals surface area (Å²) < 4.78 is 6.32. The van der Waals surface area contributed by atoms with Crippen molar-refractivity contribution in [1.29, 1.82) is 0 Å². The van der Waals surface area contributed by atoms with Crippen molar-refractivity contribution in [3.8, 4) is 5.75 Å². The van der Waals surface area contributed by atoms with Crippen LogP contribution < -0.4 is 4.74 Å². The molecule has 1 aromatic carbocycles. The van der Waals surface area contributed by atoms with Gasteiger partial charge in [-0.15, -0.1) is 0 Å². The van der Waals surface area contributed by atoms with E-state index in [9.17, 15) is 4.79 Å². The Morgan fingerprint density at radius 2 is 1.96 bits per heavy atom. The summed E-state index contributed by atoms with van der Waals surface area (Å²) in [6.07, 6.45) is 11.6. The first-order chi connectivity index (χ1) is 11.2. The first kappa shape index (κ1) is 16.1. The van der Waals surface area contributed by atoms with Gasteiger partial charge in [0, 0.05) is 12.3 Å². The number of ether oxygens (including phenoxy) is 1. The number of fused-ring (bicyclic) bond motifs is 2. The molecular formula is C20H26O3. The maximum Gasteiger partial charge on any atom is 0.303 e. The van der Waals surface area contributed by atoms with Gasteiger partial charge in [-0.1, -0.05) is 30.4 Å². The van der Waals surface area contributed by atoms with E-state index in [1.807, 2.05) is 30.3 Å². The van der Waals surface area contributed by atoms with Crippen LogP contribution in [0.3, 0.4) is 0 Å². The summed E-state index contributed by atoms with van der Waals surface area (Å²) in [6.45, 7) is 0. The standard InChI is InChI=1S/C20H26O3/c21-19(22)11-7-2-1-6-10-18-15-12-13-16(14-15)20(18)23-17-8-4-3-5-9-17/h1,3-6,8-9,15-16,18,20H,2,7,10-14H2,(H,21,22)/b6-1-/t15-,16+,18-,20+/m0/s1. The van der Waals surface area contributed by atoms with Gasteiger partial charge in [-0.25, -0.2) is 0 Å². The number of benzene rings is 1. The lowest BCUT2D eigenvalue weighted by Crippen LogP contribution is -2.32. The maximum atomic E-state index is 10.5. The van der Waals surface area contributed by atoms with Crippen molar-refractivity contribution in [3.63, 3.8) is 0 Å². The van der Waals surface area contributed by atoms with Crippen molar-refractivity contribution in [3.05, 3.63) is 42.5 Å². The molecule has 1 aromatic rings. The second kappa shape index (κ2) is 7.67. The monoisotopic (exact) mass is 314 g/mol. The highest BCUT2D eigenvalue weighted by Gasteiger charge is 2.48. The van der Waals surface area contributed by atoms with Crippen LogP contribution in [0.25, 0.3) is 0 Å². The van der Waals surface area contributed by atoms with Gasteiger partial charge >= 0.3 is 5.97 Å². The molecular weight excluding hydrogens is 288 g/mol. The van der Waals surface area contributed by atoms with Crippen molar-refractivity contribution in [2.75, 3.05) is 0 Å². The zero-order chi connectivity index (χ0) is 16.1. The van der Waals surface area contributed by atoms with Crippen molar-refractivity contribution in [2.24, 2.45) is 17.8 Å². The van der Waals surface area contributed by atoms with Gasteiger partial charge in [0.05, 0.1) is 0 Å². The molecule has 23 heavy (non-hydrogen) atoms. The third kappa shape index (κ3) is 4.15. The Morgan fingerprint density at radius 1 is 1.17 bits per heavy atom. The van der Waals surface area contributed by atoms with Crippen LogP contribution in [0.2, 0.25) is 0 Å². The summed E-state index contributed by atoms with van der Waals surface area (Å²) in [5.41, 5.74) is 0. The molecule has 2 bridgehead atoms. The van der Waals surface area contributed by atoms with Gasteiger partial charge in [0.15, 0.2) is 0 Å². The zero-order valence-electron chi connectivity index (χ0n) is 13.6. The van der Waals surface area contributed by atoms with Crippen LogP contribution in [-0.2, 0) is 4.79 Å². The van der Waals surface area contributed by atoms with Crippen molar-refractivity contribution >= 4 is 5.97 Å². The predicted octanol–water partition coefficient (Wildman–Crippen LogP) is 4.68. The highest BCUT2D eigenvalue weighted by Crippen LogP contribution is 2.51. The van der Waals surface area contributed by atoms with Crippen molar-refractivity contribution in [2.45, 2.75) is 51.0 Å². The van der Waals surface area contributed by atoms with E-state index < -0.39 is 5.97 Å². The fourth-order valence-corrected chi connectivity index (χ4v) is 4.27. The van der Waals surface area contributed by atoms with Crippen LogP contribution in [-0.4, -0.2) is 17.2 Å². The molecule has 2 saturated carbocycles. The summed E-state index contributed by atoms with van der Waals surface area (Å²) in [4.78, 5) is 10.5. The average Bonchev–Trinajstić information content (AvgIpc) is 3.14. The Kier molecular flexibility index (Phi) is 5.37. The molecule has 3 heteroatoms. The summed E-state index contributed by atoms with van der Waals surface area (Å²) in [5.74, 6) is 2.41. The zero-order valence-corrected chi connectivity index (χ0v) is 13.6. The lowest BCUT2D eigenvalue weighted by molar-refractivity contribution is -0.137. The number of rotatable bonds is 8. The van der Waals surface area contributed by atoms with Gasteiger partial charge in [0.2, 0.25) is 0 Å². The second-order valence-electron chi connectivity index (χ2n) is 6.89. The molecule has 0 aliphatic heterocycles. The molecule has 3 nitrogen and oxygen atoms in total. The largest absolute Gasteiger partial charge is 0.490 e. The smallest absolute Gasteiger partial charge is 0.303 e. The van der Waals surface area contributed by atoms with Crippen molar-refractivity contribution < 1.29 is 14.6 Å². The highest BCUT2D eigenvalue weighted by molar-refractivity contribution is 5.66. The molecule has 1 N–H and O–H groups in total. The van der Waals surface area contributed by atoms with E-state index in [1.165, 1.54) is 19.3 Å². The highest BCUT2D eigenvalue weighted by atomic mass is 16.5. The van der Waals surface area contributed by atoms with Crippen molar-refractivity contribution in [1.82, 2.24) is 0 Å². The van der Waals surface area contributed by atoms with E-state index in [2.05, 4.69) is 12.2 Å². The fraction of sp³-hybridized carbons (Fsp3) is 0.550. The molecule has 4 atom stereocenters. The number of hydrogen-bond donors (Lipinski definition) is 1. The first-order valence-electron chi connectivity index (χ1n) is 8.82. The quantitative estimate of drug-likeness (QED) is 0.560. The molecule has 2 aliphatic carbocycles. The van der Waals surface area contributed by atoms with E-state index in [4.69, 9.17) is 9.84 Å². The van der Waals surface area contributed by atoms with Gasteiger partial charge < -0.3 is 9.84 Å². The van der Waals surface area contributed by atoms with E-state index >= 15 is 0 Å². The Balaban J connectivity index is 1.52. The Bertz CT molecular complexity index is 537. The van der Waals surface area contributed by atoms with Gasteiger partial charge in [-0.3, -0.25) is 4.79 Å². The summed E-state index contributed by atoms with van der Waals surface area (Å²) in [6, 6.07) is 10.2. The second-order valence-corrected chi connectivity index (χ2v) is 6.89. The lowest BCUT2D eigenvalue weighted by atomic mass is 9.84. The van der Waals surface area contributed by atoms with Crippen LogP contribution in [0.4, 0.5) is 0 Å². The average molecular weight is 314 g/mol. The Hall–Kier alpha value is -1.77. The molecule has 0 radical (unpaired) electrons. The Morgan fingerprint density at radius 3 is 2.74 bits per heavy atom. The van der Waals surface area contributed by atoms with Gasteiger partial charge in [0.1, 0.15) is 11.9 Å². The molecule has 0 heterocycles. The van der Waals surface area contributed by atoms with Crippen LogP contribution >= 0.6 is 0 Å². The first-order valence-corrected chi connectivity index (χ1v) is 8.82. The Labute approximate surface area is 138 Å². The number of aliphatic carboxylic acids is 1. The van der Waals surface area contributed by atoms with E-state index in [0.717, 1.165) is 30.9 Å².